The highest BCUT2D eigenvalue weighted by molar-refractivity contribution is 8.30. The van der Waals surface area contributed by atoms with Crippen molar-refractivity contribution in [1.82, 2.24) is 10.1 Å². The van der Waals surface area contributed by atoms with E-state index in [1.807, 2.05) is 0 Å². The normalized spacial score (nSPS) is 23.3. The summed E-state index contributed by atoms with van der Waals surface area (Å²) in [4.78, 5) is 49.2. The Morgan fingerprint density at radius 3 is 1.73 bits per heavy atom. The Kier molecular flexibility index (Phi) is 1.87. The van der Waals surface area contributed by atoms with Gasteiger partial charge in [-0.2, -0.15) is 0 Å². The van der Waals surface area contributed by atoms with E-state index in [0.717, 1.165) is 7.11 Å². The van der Waals surface area contributed by atoms with Crippen molar-refractivity contribution >= 4 is 29.9 Å². The van der Waals surface area contributed by atoms with Crippen molar-refractivity contribution < 1.29 is 33.6 Å². The van der Waals surface area contributed by atoms with Gasteiger partial charge in [0.05, 0.1) is 7.11 Å². The minimum Gasteiger partial charge on any atom is -0.261 e. The fourth-order valence-corrected chi connectivity index (χ4v) is 3.70. The lowest BCUT2D eigenvalue weighted by Gasteiger charge is -2.38. The molecule has 2 aliphatic rings. The Morgan fingerprint density at radius 2 is 1.40 bits per heavy atom. The van der Waals surface area contributed by atoms with E-state index < -0.39 is 29.9 Å². The third kappa shape index (κ3) is 0.773. The predicted molar refractivity (Wildman–Crippen MR) is 41.4 cm³/mol. The van der Waals surface area contributed by atoms with Crippen LogP contribution < -0.4 is 0 Å². The molecule has 8 nitrogen and oxygen atoms in total. The molecule has 0 N–H and O–H groups in total. The predicted octanol–water partition coefficient (Wildman–Crippen LogP) is 1.49. The van der Waals surface area contributed by atoms with E-state index in [1.165, 1.54) is 0 Å². The second-order valence-corrected chi connectivity index (χ2v) is 5.51. The van der Waals surface area contributed by atoms with Gasteiger partial charge < -0.3 is 0 Å². The largest absolute Gasteiger partial charge is 0.430 e. The Morgan fingerprint density at radius 1 is 1.00 bits per heavy atom. The van der Waals surface area contributed by atoms with Gasteiger partial charge in [0.1, 0.15) is 0 Å². The van der Waals surface area contributed by atoms with Gasteiger partial charge in [-0.05, 0) is 9.59 Å². The second kappa shape index (κ2) is 2.78. The molecule has 2 heterocycles. The molecule has 0 bridgehead atoms. The molecule has 0 saturated carbocycles. The average molecular weight is 237 g/mol. The lowest BCUT2D eigenvalue weighted by molar-refractivity contribution is -0.261. The summed E-state index contributed by atoms with van der Waals surface area (Å²) < 4.78 is 11.6. The molecule has 2 saturated heterocycles. The number of hydroxylamine groups is 4. The number of hydrogen-bond acceptors (Lipinski definition) is 6. The molecular formula is C5H3FN2O6P+. The molecule has 0 atom stereocenters. The molecule has 0 aromatic rings. The second-order valence-electron chi connectivity index (χ2n) is 2.64. The summed E-state index contributed by atoms with van der Waals surface area (Å²) in [5.41, 5.74) is -4.53. The molecule has 2 rings (SSSR count). The molecule has 80 valence electrons. The van der Waals surface area contributed by atoms with Gasteiger partial charge in [0, 0.05) is 0 Å². The number of carbonyl (C=O) groups excluding carboxylic acids is 4. The summed E-state index contributed by atoms with van der Waals surface area (Å²) in [5.74, 6) is 0. The first-order valence-corrected chi connectivity index (χ1v) is 5.32. The summed E-state index contributed by atoms with van der Waals surface area (Å²) in [6.45, 7) is 0. The first-order chi connectivity index (χ1) is 7.03. The minimum atomic E-state index is -3.75. The zero-order chi connectivity index (χ0) is 11.4. The molecule has 2 fully saturated rings. The van der Waals surface area contributed by atoms with Crippen molar-refractivity contribution in [3.8, 4) is 0 Å². The van der Waals surface area contributed by atoms with Gasteiger partial charge in [-0.1, -0.05) is 10.1 Å². The lowest BCUT2D eigenvalue weighted by Crippen LogP contribution is -2.64. The Labute approximate surface area is 81.6 Å². The average Bonchev–Trinajstić information content (AvgIpc) is 2.20. The zero-order valence-electron chi connectivity index (χ0n) is 7.17. The third-order valence-electron chi connectivity index (χ3n) is 2.09. The van der Waals surface area contributed by atoms with Crippen LogP contribution in [0.4, 0.5) is 23.7 Å². The third-order valence-corrected chi connectivity index (χ3v) is 5.12. The number of hydrogen-bond donors (Lipinski definition) is 0. The standard InChI is InChI=1S/C5H3FN2O6P/c1-13-7-2(9)15(3(7)10)4(11)8(14-6)5(15)12/h1H3/q+1. The molecule has 10 heteroatoms. The van der Waals surface area contributed by atoms with E-state index in [1.54, 1.807) is 0 Å². The smallest absolute Gasteiger partial charge is 0.261 e. The summed E-state index contributed by atoms with van der Waals surface area (Å²) >= 11 is 0. The van der Waals surface area contributed by atoms with Crippen LogP contribution in [0.2, 0.25) is 0 Å². The maximum atomic E-state index is 11.6. The Hall–Kier alpha value is -1.44. The van der Waals surface area contributed by atoms with Gasteiger partial charge in [-0.25, -0.2) is 19.2 Å². The van der Waals surface area contributed by atoms with Crippen LogP contribution >= 0.6 is 7.26 Å². The van der Waals surface area contributed by atoms with Gasteiger partial charge in [0.2, 0.25) is 0 Å². The van der Waals surface area contributed by atoms with Crippen LogP contribution in [0.1, 0.15) is 0 Å². The maximum absolute atomic E-state index is 11.6. The van der Waals surface area contributed by atoms with Crippen LogP contribution in [0.15, 0.2) is 0 Å². The molecule has 2 aliphatic heterocycles. The van der Waals surface area contributed by atoms with Gasteiger partial charge in [0.15, 0.2) is 0 Å². The van der Waals surface area contributed by atoms with Crippen molar-refractivity contribution in [2.24, 2.45) is 0 Å². The first kappa shape index (κ1) is 10.1. The van der Waals surface area contributed by atoms with Crippen molar-refractivity contribution in [1.29, 1.82) is 0 Å². The maximum Gasteiger partial charge on any atom is 0.430 e. The van der Waals surface area contributed by atoms with Crippen molar-refractivity contribution in [2.75, 3.05) is 7.11 Å². The Balaban J connectivity index is 2.34. The fraction of sp³-hybridized carbons (Fsp3) is 0.200. The summed E-state index contributed by atoms with van der Waals surface area (Å²) in [6, 6.07) is 0. The lowest BCUT2D eigenvalue weighted by atomic mass is 11.0. The summed E-state index contributed by atoms with van der Waals surface area (Å²) in [5, 5.41) is 2.94. The van der Waals surface area contributed by atoms with Crippen LogP contribution in [-0.4, -0.2) is 39.8 Å². The van der Waals surface area contributed by atoms with Gasteiger partial charge in [-0.15, -0.1) is 0 Å². The highest BCUT2D eigenvalue weighted by Gasteiger charge is 2.94. The molecule has 0 aromatic carbocycles. The quantitative estimate of drug-likeness (QED) is 0.675. The van der Waals surface area contributed by atoms with Gasteiger partial charge in [-0.3, -0.25) is 4.84 Å². The topological polar surface area (TPSA) is 93.2 Å². The van der Waals surface area contributed by atoms with Gasteiger partial charge in [0.25, 0.3) is 0 Å². The number of halogens is 1. The van der Waals surface area contributed by atoms with Crippen LogP contribution in [0, 0.1) is 0 Å². The molecule has 0 unspecified atom stereocenters. The molecule has 15 heavy (non-hydrogen) atoms. The van der Waals surface area contributed by atoms with E-state index in [-0.39, 0.29) is 5.06 Å². The minimum absolute atomic E-state index is 0.253. The monoisotopic (exact) mass is 237 g/mol. The zero-order valence-corrected chi connectivity index (χ0v) is 8.06. The number of rotatable bonds is 2. The molecule has 0 aromatic heterocycles. The number of carbonyl (C=O) groups is 4. The van der Waals surface area contributed by atoms with E-state index in [0.29, 0.717) is 5.06 Å². The number of amides is 4. The molecule has 1 spiro atoms. The van der Waals surface area contributed by atoms with Crippen molar-refractivity contribution in [2.45, 2.75) is 0 Å². The van der Waals surface area contributed by atoms with Crippen LogP contribution in [0.5, 0.6) is 0 Å². The number of imide groups is 2. The van der Waals surface area contributed by atoms with E-state index >= 15 is 0 Å². The molecule has 4 amide bonds. The summed E-state index contributed by atoms with van der Waals surface area (Å²) in [6.07, 6.45) is 0. The molecule has 0 aliphatic carbocycles. The molecular weight excluding hydrogens is 234 g/mol. The van der Waals surface area contributed by atoms with E-state index in [9.17, 15) is 23.7 Å². The van der Waals surface area contributed by atoms with Gasteiger partial charge >= 0.3 is 29.9 Å². The summed E-state index contributed by atoms with van der Waals surface area (Å²) in [7, 11) is -2.72. The fourth-order valence-electron chi connectivity index (χ4n) is 1.33. The highest BCUT2D eigenvalue weighted by Crippen LogP contribution is 2.78. The van der Waals surface area contributed by atoms with E-state index in [2.05, 4.69) is 9.88 Å². The van der Waals surface area contributed by atoms with Crippen LogP contribution in [0.25, 0.3) is 0 Å². The Bertz CT molecular complexity index is 337. The van der Waals surface area contributed by atoms with E-state index in [4.69, 9.17) is 0 Å². The van der Waals surface area contributed by atoms with Crippen LogP contribution in [0.3, 0.4) is 0 Å². The molecule has 0 radical (unpaired) electrons. The van der Waals surface area contributed by atoms with Crippen LogP contribution in [-0.2, 0) is 9.88 Å². The van der Waals surface area contributed by atoms with Crippen molar-refractivity contribution in [3.05, 3.63) is 0 Å². The SMILES string of the molecule is CON1C(=O)[P+]2(C1=O)C(=O)N(OF)C2=O. The van der Waals surface area contributed by atoms with Crippen molar-refractivity contribution in [3.63, 3.8) is 0 Å². The first-order valence-electron chi connectivity index (χ1n) is 3.53. The number of nitrogens with zero attached hydrogens (tertiary/aromatic N) is 2. The highest BCUT2D eigenvalue weighted by atomic mass is 31.2.